The smallest absolute Gasteiger partial charge is 0.140 e. The Labute approximate surface area is 419 Å². The Morgan fingerprint density at radius 3 is 1.49 bits per heavy atom. The van der Waals surface area contributed by atoms with Crippen molar-refractivity contribution in [1.82, 2.24) is 0 Å². The summed E-state index contributed by atoms with van der Waals surface area (Å²) in [5.74, 6) is 1.86. The van der Waals surface area contributed by atoms with E-state index in [1.807, 2.05) is 0 Å². The summed E-state index contributed by atoms with van der Waals surface area (Å²) in [6.07, 6.45) is 0.977. The highest BCUT2D eigenvalue weighted by Crippen LogP contribution is 2.64. The maximum absolute atomic E-state index is 7.23. The average Bonchev–Trinajstić information content (AvgIpc) is 3.97. The van der Waals surface area contributed by atoms with E-state index in [4.69, 9.17) is 4.74 Å². The van der Waals surface area contributed by atoms with Gasteiger partial charge in [0.15, 0.2) is 0 Å². The molecule has 336 valence electrons. The Morgan fingerprint density at radius 1 is 0.292 bits per heavy atom. The lowest BCUT2D eigenvalue weighted by molar-refractivity contribution is 0.447. The molecule has 0 saturated heterocycles. The minimum atomic E-state index is -0.615. The zero-order chi connectivity index (χ0) is 47.3. The lowest BCUT2D eigenvalue weighted by Crippen LogP contribution is -2.32. The number of nitrogens with zero attached hydrogens (tertiary/aromatic N) is 1. The minimum absolute atomic E-state index is 0.615. The standard InChI is InChI=1S/C70H45NO/c1-2-13-45(14-3-1)50-18-12-19-57(43-50)71(55-33-25-46(26-34-55)51-29-37-59-54(41-51)42-53-17-6-7-20-58(53)59)56-35-27-47(28-36-56)52-30-38-63-62-23-10-11-24-64(62)70(67(63)44-52)65-39-31-48-15-4-8-21-60(48)68(65)72-69-61-22-9-5-16-49(61)32-40-66(69)70/h1-41,43-44H,42H2. The quantitative estimate of drug-likeness (QED) is 0.165. The van der Waals surface area contributed by atoms with Crippen LogP contribution in [0.4, 0.5) is 17.1 Å². The summed E-state index contributed by atoms with van der Waals surface area (Å²) < 4.78 is 7.23. The first kappa shape index (κ1) is 40.6. The second kappa shape index (κ2) is 15.9. The highest BCUT2D eigenvalue weighted by atomic mass is 16.5. The van der Waals surface area contributed by atoms with Crippen LogP contribution in [0.5, 0.6) is 11.5 Å². The number of benzene rings is 12. The van der Waals surface area contributed by atoms with Crippen molar-refractivity contribution in [3.05, 3.63) is 294 Å². The second-order valence-electron chi connectivity index (χ2n) is 19.5. The molecule has 0 bridgehead atoms. The molecule has 0 saturated carbocycles. The molecule has 12 aromatic carbocycles. The summed E-state index contributed by atoms with van der Waals surface area (Å²) >= 11 is 0. The van der Waals surface area contributed by atoms with Gasteiger partial charge in [0.05, 0.1) is 5.41 Å². The fourth-order valence-electron chi connectivity index (χ4n) is 12.4. The molecule has 1 aliphatic heterocycles. The van der Waals surface area contributed by atoms with Gasteiger partial charge in [0.1, 0.15) is 11.5 Å². The van der Waals surface area contributed by atoms with Crippen molar-refractivity contribution in [2.24, 2.45) is 0 Å². The Balaban J connectivity index is 0.856. The molecule has 0 fully saturated rings. The average molecular weight is 916 g/mol. The van der Waals surface area contributed by atoms with Gasteiger partial charge >= 0.3 is 0 Å². The zero-order valence-electron chi connectivity index (χ0n) is 39.4. The Bertz CT molecular complexity index is 4060. The molecule has 15 rings (SSSR count). The van der Waals surface area contributed by atoms with Crippen LogP contribution in [0.25, 0.3) is 77.2 Å². The molecule has 1 spiro atoms. The maximum Gasteiger partial charge on any atom is 0.140 e. The Morgan fingerprint density at radius 2 is 0.792 bits per heavy atom. The summed E-state index contributed by atoms with van der Waals surface area (Å²) in [6, 6.07) is 96.2. The number of rotatable bonds is 6. The van der Waals surface area contributed by atoms with Gasteiger partial charge in [-0.05, 0) is 138 Å². The van der Waals surface area contributed by atoms with E-state index in [1.165, 1.54) is 83.5 Å². The first-order chi connectivity index (χ1) is 35.7. The van der Waals surface area contributed by atoms with Gasteiger partial charge in [-0.3, -0.25) is 0 Å². The van der Waals surface area contributed by atoms with Gasteiger partial charge in [0, 0.05) is 39.0 Å². The molecule has 0 atom stereocenters. The minimum Gasteiger partial charge on any atom is -0.455 e. The molecule has 0 N–H and O–H groups in total. The summed E-state index contributed by atoms with van der Waals surface area (Å²) in [4.78, 5) is 2.39. The van der Waals surface area contributed by atoms with E-state index in [1.54, 1.807) is 0 Å². The lowest BCUT2D eigenvalue weighted by atomic mass is 9.65. The topological polar surface area (TPSA) is 12.5 Å². The molecule has 2 nitrogen and oxygen atoms in total. The summed E-state index contributed by atoms with van der Waals surface area (Å²) in [7, 11) is 0. The van der Waals surface area contributed by atoms with Crippen LogP contribution >= 0.6 is 0 Å². The van der Waals surface area contributed by atoms with E-state index in [0.717, 1.165) is 62.1 Å². The van der Waals surface area contributed by atoms with Crippen LogP contribution in [0.3, 0.4) is 0 Å². The monoisotopic (exact) mass is 915 g/mol. The van der Waals surface area contributed by atoms with Crippen molar-refractivity contribution in [2.75, 3.05) is 4.90 Å². The van der Waals surface area contributed by atoms with Gasteiger partial charge in [-0.25, -0.2) is 0 Å². The predicted octanol–water partition coefficient (Wildman–Crippen LogP) is 18.5. The molecule has 2 aliphatic carbocycles. The third-order valence-corrected chi connectivity index (χ3v) is 15.7. The normalized spacial score (nSPS) is 13.2. The van der Waals surface area contributed by atoms with Crippen molar-refractivity contribution in [3.8, 4) is 67.1 Å². The van der Waals surface area contributed by atoms with Gasteiger partial charge in [0.25, 0.3) is 0 Å². The summed E-state index contributed by atoms with van der Waals surface area (Å²) in [6.45, 7) is 0. The number of ether oxygens (including phenoxy) is 1. The lowest BCUT2D eigenvalue weighted by Gasteiger charge is -2.40. The SMILES string of the molecule is c1ccc(-c2cccc(N(c3ccc(-c4ccc5c(c4)Cc4ccccc4-5)cc3)c3ccc(-c4ccc5c(c4)C4(c6ccccc6-5)c5ccc6ccccc6c5Oc5c4ccc4ccccc54)cc3)c2)cc1. The second-order valence-corrected chi connectivity index (χ2v) is 19.5. The van der Waals surface area contributed by atoms with Crippen molar-refractivity contribution >= 4 is 38.6 Å². The van der Waals surface area contributed by atoms with E-state index in [0.29, 0.717) is 0 Å². The Kier molecular flexibility index (Phi) is 8.97. The van der Waals surface area contributed by atoms with E-state index in [-0.39, 0.29) is 0 Å². The van der Waals surface area contributed by atoms with E-state index >= 15 is 0 Å². The number of hydrogen-bond acceptors (Lipinski definition) is 2. The third-order valence-electron chi connectivity index (χ3n) is 15.7. The molecule has 0 aromatic heterocycles. The molecule has 12 aromatic rings. The van der Waals surface area contributed by atoms with Gasteiger partial charge in [-0.15, -0.1) is 0 Å². The van der Waals surface area contributed by atoms with Crippen LogP contribution < -0.4 is 9.64 Å². The molecular weight excluding hydrogens is 871 g/mol. The number of hydrogen-bond donors (Lipinski definition) is 0. The van der Waals surface area contributed by atoms with Crippen molar-refractivity contribution < 1.29 is 4.74 Å². The van der Waals surface area contributed by atoms with Gasteiger partial charge in [0.2, 0.25) is 0 Å². The van der Waals surface area contributed by atoms with Gasteiger partial charge < -0.3 is 9.64 Å². The number of fused-ring (bicyclic) bond motifs is 16. The van der Waals surface area contributed by atoms with Crippen LogP contribution in [-0.4, -0.2) is 0 Å². The van der Waals surface area contributed by atoms with Crippen LogP contribution in [0.1, 0.15) is 33.4 Å². The van der Waals surface area contributed by atoms with Crippen molar-refractivity contribution in [2.45, 2.75) is 11.8 Å². The highest BCUT2D eigenvalue weighted by Gasteiger charge is 2.52. The molecule has 72 heavy (non-hydrogen) atoms. The van der Waals surface area contributed by atoms with Crippen molar-refractivity contribution in [1.29, 1.82) is 0 Å². The molecule has 0 amide bonds. The maximum atomic E-state index is 7.23. The van der Waals surface area contributed by atoms with Crippen LogP contribution in [0.15, 0.2) is 261 Å². The first-order valence-corrected chi connectivity index (χ1v) is 25.0. The third kappa shape index (κ3) is 6.09. The summed E-state index contributed by atoms with van der Waals surface area (Å²) in [5, 5.41) is 4.57. The fraction of sp³-hybridized carbons (Fsp3) is 0.0286. The first-order valence-electron chi connectivity index (χ1n) is 25.0. The highest BCUT2D eigenvalue weighted by molar-refractivity contribution is 6.00. The largest absolute Gasteiger partial charge is 0.455 e. The van der Waals surface area contributed by atoms with Gasteiger partial charge in [-0.2, -0.15) is 0 Å². The molecule has 0 unspecified atom stereocenters. The van der Waals surface area contributed by atoms with Crippen LogP contribution in [-0.2, 0) is 11.8 Å². The fourth-order valence-corrected chi connectivity index (χ4v) is 12.4. The van der Waals surface area contributed by atoms with Gasteiger partial charge in [-0.1, -0.05) is 218 Å². The van der Waals surface area contributed by atoms with Crippen LogP contribution in [0, 0.1) is 0 Å². The van der Waals surface area contributed by atoms with E-state index < -0.39 is 5.41 Å². The summed E-state index contributed by atoms with van der Waals surface area (Å²) in [5.41, 5.74) is 22.7. The number of anilines is 3. The predicted molar refractivity (Wildman–Crippen MR) is 298 cm³/mol. The van der Waals surface area contributed by atoms with Crippen LogP contribution in [0.2, 0.25) is 0 Å². The molecule has 2 heteroatoms. The molecule has 3 aliphatic rings. The molecule has 1 heterocycles. The zero-order valence-corrected chi connectivity index (χ0v) is 39.4. The van der Waals surface area contributed by atoms with Crippen molar-refractivity contribution in [3.63, 3.8) is 0 Å². The molecule has 0 radical (unpaired) electrons. The Hall–Kier alpha value is -9.24. The van der Waals surface area contributed by atoms with E-state index in [9.17, 15) is 0 Å². The van der Waals surface area contributed by atoms with E-state index in [2.05, 4.69) is 266 Å². The molecular formula is C70H45NO.